The number of aliphatic hydroxyl groups is 1. The Kier molecular flexibility index (Phi) is 5.78. The minimum atomic E-state index is -0.241. The number of furan rings is 1. The second-order valence-corrected chi connectivity index (χ2v) is 6.63. The fraction of sp³-hybridized carbons (Fsp3) is 0.333. The van der Waals surface area contributed by atoms with E-state index in [0.717, 1.165) is 17.0 Å². The number of ether oxygens (including phenoxy) is 1. The second kappa shape index (κ2) is 8.22. The zero-order valence-corrected chi connectivity index (χ0v) is 14.7. The van der Waals surface area contributed by atoms with Gasteiger partial charge in [0.1, 0.15) is 17.6 Å². The molecule has 0 saturated heterocycles. The Morgan fingerprint density at radius 3 is 2.84 bits per heavy atom. The molecular formula is C18H20N2O4S. The highest BCUT2D eigenvalue weighted by Crippen LogP contribution is 2.33. The number of aliphatic hydroxyl groups excluding tert-OH is 1. The number of nitrogens with zero attached hydrogens (tertiary/aromatic N) is 2. The first-order chi connectivity index (χ1) is 12.2. The van der Waals surface area contributed by atoms with Crippen molar-refractivity contribution in [1.82, 2.24) is 5.01 Å². The summed E-state index contributed by atoms with van der Waals surface area (Å²) >= 11 is 1.39. The Morgan fingerprint density at radius 2 is 2.20 bits per heavy atom. The first-order valence-corrected chi connectivity index (χ1v) is 9.14. The molecule has 1 aliphatic rings. The van der Waals surface area contributed by atoms with Crippen LogP contribution in [0.5, 0.6) is 5.75 Å². The number of amides is 1. The molecule has 25 heavy (non-hydrogen) atoms. The molecule has 132 valence electrons. The van der Waals surface area contributed by atoms with Crippen molar-refractivity contribution in [3.05, 3.63) is 54.0 Å². The summed E-state index contributed by atoms with van der Waals surface area (Å²) < 4.78 is 10.7. The average molecular weight is 360 g/mol. The molecule has 0 bridgehead atoms. The zero-order valence-electron chi connectivity index (χ0n) is 13.9. The third kappa shape index (κ3) is 4.05. The lowest BCUT2D eigenvalue weighted by Gasteiger charge is -2.19. The Morgan fingerprint density at radius 1 is 1.40 bits per heavy atom. The number of hydrogen-bond donors (Lipinski definition) is 1. The van der Waals surface area contributed by atoms with Crippen molar-refractivity contribution < 1.29 is 19.1 Å². The molecule has 1 amide bonds. The molecule has 0 radical (unpaired) electrons. The number of methoxy groups -OCH3 is 1. The Labute approximate surface area is 150 Å². The van der Waals surface area contributed by atoms with E-state index in [-0.39, 0.29) is 24.3 Å². The molecule has 7 heteroatoms. The molecule has 1 aromatic heterocycles. The van der Waals surface area contributed by atoms with E-state index < -0.39 is 0 Å². The van der Waals surface area contributed by atoms with Crippen LogP contribution in [0.25, 0.3) is 0 Å². The fourth-order valence-electron chi connectivity index (χ4n) is 2.69. The molecule has 2 aromatic rings. The van der Waals surface area contributed by atoms with Crippen LogP contribution in [0, 0.1) is 0 Å². The highest BCUT2D eigenvalue weighted by molar-refractivity contribution is 7.99. The summed E-state index contributed by atoms with van der Waals surface area (Å²) in [7, 11) is 1.62. The summed E-state index contributed by atoms with van der Waals surface area (Å²) in [5.41, 5.74) is 1.79. The Balaban J connectivity index is 1.81. The Hall–Kier alpha value is -2.25. The fourth-order valence-corrected chi connectivity index (χ4v) is 3.27. The van der Waals surface area contributed by atoms with Crippen molar-refractivity contribution in [3.8, 4) is 5.75 Å². The molecule has 6 nitrogen and oxygen atoms in total. The van der Waals surface area contributed by atoms with E-state index in [0.29, 0.717) is 17.9 Å². The smallest absolute Gasteiger partial charge is 0.253 e. The quantitative estimate of drug-likeness (QED) is 0.769. The van der Waals surface area contributed by atoms with Gasteiger partial charge in [-0.1, -0.05) is 0 Å². The van der Waals surface area contributed by atoms with Crippen molar-refractivity contribution in [1.29, 1.82) is 0 Å². The number of hydrogen-bond acceptors (Lipinski definition) is 6. The number of carbonyl (C=O) groups excluding carboxylic acids is 1. The van der Waals surface area contributed by atoms with Crippen LogP contribution in [0.2, 0.25) is 0 Å². The van der Waals surface area contributed by atoms with E-state index in [2.05, 4.69) is 5.10 Å². The van der Waals surface area contributed by atoms with E-state index in [9.17, 15) is 4.79 Å². The van der Waals surface area contributed by atoms with Gasteiger partial charge in [0.2, 0.25) is 0 Å². The maximum absolute atomic E-state index is 12.6. The summed E-state index contributed by atoms with van der Waals surface area (Å²) in [6.07, 6.45) is 2.19. The molecule has 1 N–H and O–H groups in total. The first-order valence-electron chi connectivity index (χ1n) is 7.99. The van der Waals surface area contributed by atoms with Crippen molar-refractivity contribution in [2.75, 3.05) is 25.2 Å². The van der Waals surface area contributed by atoms with Gasteiger partial charge in [-0.15, -0.1) is 11.8 Å². The van der Waals surface area contributed by atoms with E-state index >= 15 is 0 Å². The van der Waals surface area contributed by atoms with Crippen molar-refractivity contribution in [3.63, 3.8) is 0 Å². The van der Waals surface area contributed by atoms with Crippen LogP contribution in [0.15, 0.2) is 52.2 Å². The van der Waals surface area contributed by atoms with Gasteiger partial charge in [0.25, 0.3) is 5.91 Å². The van der Waals surface area contributed by atoms with Crippen molar-refractivity contribution in [2.24, 2.45) is 5.10 Å². The van der Waals surface area contributed by atoms with Crippen LogP contribution in [-0.2, 0) is 4.79 Å². The minimum absolute atomic E-state index is 0.0555. The molecule has 0 aliphatic carbocycles. The molecule has 1 aromatic carbocycles. The maximum Gasteiger partial charge on any atom is 0.253 e. The summed E-state index contributed by atoms with van der Waals surface area (Å²) in [6, 6.07) is 11.1. The molecular weight excluding hydrogens is 340 g/mol. The van der Waals surface area contributed by atoms with Gasteiger partial charge < -0.3 is 14.3 Å². The van der Waals surface area contributed by atoms with E-state index in [4.69, 9.17) is 14.3 Å². The lowest BCUT2D eigenvalue weighted by molar-refractivity contribution is -0.130. The maximum atomic E-state index is 12.6. The van der Waals surface area contributed by atoms with Gasteiger partial charge in [0.05, 0.1) is 31.4 Å². The molecule has 1 aliphatic heterocycles. The summed E-state index contributed by atoms with van der Waals surface area (Å²) in [5, 5.41) is 14.9. The van der Waals surface area contributed by atoms with E-state index in [1.165, 1.54) is 16.8 Å². The molecule has 0 spiro atoms. The number of rotatable bonds is 7. The average Bonchev–Trinajstić information content (AvgIpc) is 3.31. The normalized spacial score (nSPS) is 16.8. The van der Waals surface area contributed by atoms with Gasteiger partial charge in [-0.3, -0.25) is 4.79 Å². The highest BCUT2D eigenvalue weighted by atomic mass is 32.2. The lowest BCUT2D eigenvalue weighted by atomic mass is 10.0. The molecule has 0 unspecified atom stereocenters. The summed E-state index contributed by atoms with van der Waals surface area (Å²) in [4.78, 5) is 12.6. The second-order valence-electron chi connectivity index (χ2n) is 5.53. The lowest BCUT2D eigenvalue weighted by Crippen LogP contribution is -2.28. The number of carbonyl (C=O) groups is 1. The third-order valence-electron chi connectivity index (χ3n) is 3.92. The zero-order chi connectivity index (χ0) is 17.6. The summed E-state index contributed by atoms with van der Waals surface area (Å²) in [6.45, 7) is 0.0555. The highest BCUT2D eigenvalue weighted by Gasteiger charge is 2.34. The van der Waals surface area contributed by atoms with Crippen molar-refractivity contribution >= 4 is 23.4 Å². The van der Waals surface area contributed by atoms with Crippen LogP contribution in [0.4, 0.5) is 0 Å². The van der Waals surface area contributed by atoms with Crippen LogP contribution >= 0.6 is 11.8 Å². The first kappa shape index (κ1) is 17.6. The molecule has 3 rings (SSSR count). The predicted octanol–water partition coefficient (Wildman–Crippen LogP) is 2.69. The molecule has 2 heterocycles. The van der Waals surface area contributed by atoms with Crippen LogP contribution in [0.3, 0.4) is 0 Å². The Bertz CT molecular complexity index is 728. The van der Waals surface area contributed by atoms with Gasteiger partial charge in [0, 0.05) is 12.2 Å². The van der Waals surface area contributed by atoms with Crippen molar-refractivity contribution in [2.45, 2.75) is 12.5 Å². The predicted molar refractivity (Wildman–Crippen MR) is 96.9 cm³/mol. The topological polar surface area (TPSA) is 75.3 Å². The molecule has 1 atom stereocenters. The number of hydrazone groups is 1. The van der Waals surface area contributed by atoms with Gasteiger partial charge in [-0.05, 0) is 42.0 Å². The number of thioether (sulfide) groups is 1. The molecule has 0 fully saturated rings. The summed E-state index contributed by atoms with van der Waals surface area (Å²) in [5.74, 6) is 2.20. The minimum Gasteiger partial charge on any atom is -0.497 e. The van der Waals surface area contributed by atoms with Gasteiger partial charge in [-0.2, -0.15) is 5.10 Å². The SMILES string of the molecule is COc1ccc(C2=NN(C(=O)CSCCO)[C@H](c3ccco3)C2)cc1. The standard InChI is InChI=1S/C18H20N2O4S/c1-23-14-6-4-13(5-7-14)15-11-16(17-3-2-9-24-17)20(19-15)18(22)12-25-10-8-21/h2-7,9,16,21H,8,10-12H2,1H3/t16-/m0/s1. The number of benzene rings is 1. The third-order valence-corrected chi connectivity index (χ3v) is 4.84. The van der Waals surface area contributed by atoms with Crippen LogP contribution in [-0.4, -0.2) is 47.0 Å². The largest absolute Gasteiger partial charge is 0.497 e. The van der Waals surface area contributed by atoms with E-state index in [1.807, 2.05) is 36.4 Å². The van der Waals surface area contributed by atoms with E-state index in [1.54, 1.807) is 13.4 Å². The monoisotopic (exact) mass is 360 g/mol. The van der Waals surface area contributed by atoms with Gasteiger partial charge in [-0.25, -0.2) is 5.01 Å². The van der Waals surface area contributed by atoms with Gasteiger partial charge in [0.15, 0.2) is 0 Å². The van der Waals surface area contributed by atoms with Crippen LogP contribution in [0.1, 0.15) is 23.8 Å². The van der Waals surface area contributed by atoms with Gasteiger partial charge >= 0.3 is 0 Å². The molecule has 0 saturated carbocycles. The van der Waals surface area contributed by atoms with Crippen LogP contribution < -0.4 is 4.74 Å².